The molecule has 5 rings (SSSR count). The summed E-state index contributed by atoms with van der Waals surface area (Å²) in [6.45, 7) is 3.49. The Kier molecular flexibility index (Phi) is 6.68. The molecule has 3 aliphatic rings. The van der Waals surface area contributed by atoms with Gasteiger partial charge in [-0.1, -0.05) is 12.1 Å². The number of fused-ring (bicyclic) bond motifs is 1. The van der Waals surface area contributed by atoms with Crippen molar-refractivity contribution in [2.24, 2.45) is 5.92 Å². The maximum Gasteiger partial charge on any atom is 0.257 e. The molecule has 184 valence electrons. The van der Waals surface area contributed by atoms with Crippen LogP contribution >= 0.6 is 0 Å². The van der Waals surface area contributed by atoms with Crippen molar-refractivity contribution in [1.29, 1.82) is 0 Å². The summed E-state index contributed by atoms with van der Waals surface area (Å²) < 4.78 is 31.3. The zero-order valence-electron chi connectivity index (χ0n) is 20.0. The molecule has 1 atom stereocenters. The molecule has 2 aromatic rings. The number of carbonyl (C=O) groups is 1. The first-order chi connectivity index (χ1) is 17.1. The van der Waals surface area contributed by atoms with Crippen molar-refractivity contribution in [2.45, 2.75) is 12.8 Å². The predicted octanol–water partition coefficient (Wildman–Crippen LogP) is 3.42. The molecule has 3 heterocycles. The molecule has 1 amide bonds. The standard InChI is InChI=1S/C26H29FN4O4/c1-33-22-13-17-7-8-31(16-18(17)14-23(22)34-2)25(32)20-15-28-26(30-9-11-35-12-10-30)29-24(20)19-5-3-4-6-21(19)27/h3-6,14-15,17H,7-13,16H2,1-2H3. The number of ether oxygens (including phenoxy) is 3. The molecule has 1 aromatic carbocycles. The molecule has 1 aromatic heterocycles. The Balaban J connectivity index is 1.48. The molecule has 9 heteroatoms. The van der Waals surface area contributed by atoms with E-state index < -0.39 is 5.82 Å². The van der Waals surface area contributed by atoms with Crippen LogP contribution in [0.1, 0.15) is 23.2 Å². The predicted molar refractivity (Wildman–Crippen MR) is 128 cm³/mol. The van der Waals surface area contributed by atoms with Gasteiger partial charge in [0.1, 0.15) is 11.6 Å². The van der Waals surface area contributed by atoms with E-state index in [0.717, 1.165) is 24.2 Å². The molecule has 8 nitrogen and oxygen atoms in total. The lowest BCUT2D eigenvalue weighted by Gasteiger charge is -2.37. The number of nitrogens with zero attached hydrogens (tertiary/aromatic N) is 4. The van der Waals surface area contributed by atoms with Crippen LogP contribution in [0.15, 0.2) is 53.6 Å². The monoisotopic (exact) mass is 480 g/mol. The number of amides is 1. The first-order valence-electron chi connectivity index (χ1n) is 11.8. The average molecular weight is 481 g/mol. The fourth-order valence-electron chi connectivity index (χ4n) is 4.90. The average Bonchev–Trinajstić information content (AvgIpc) is 2.92. The molecule has 0 bridgehead atoms. The number of carbonyl (C=O) groups excluding carboxylic acids is 1. The lowest BCUT2D eigenvalue weighted by atomic mass is 9.83. The van der Waals surface area contributed by atoms with Crippen LogP contribution in [-0.2, 0) is 14.2 Å². The van der Waals surface area contributed by atoms with Crippen molar-refractivity contribution in [3.8, 4) is 11.3 Å². The second-order valence-electron chi connectivity index (χ2n) is 8.84. The van der Waals surface area contributed by atoms with Gasteiger partial charge in [0, 0.05) is 44.4 Å². The van der Waals surface area contributed by atoms with Crippen molar-refractivity contribution in [3.63, 3.8) is 0 Å². The molecule has 2 aliphatic heterocycles. The van der Waals surface area contributed by atoms with E-state index in [1.165, 1.54) is 12.3 Å². The smallest absolute Gasteiger partial charge is 0.257 e. The highest BCUT2D eigenvalue weighted by Crippen LogP contribution is 2.36. The summed E-state index contributed by atoms with van der Waals surface area (Å²) in [6, 6.07) is 6.40. The van der Waals surface area contributed by atoms with Gasteiger partial charge in [-0.2, -0.15) is 0 Å². The summed E-state index contributed by atoms with van der Waals surface area (Å²) in [5, 5.41) is 0. The first kappa shape index (κ1) is 23.3. The van der Waals surface area contributed by atoms with Crippen LogP contribution in [0.25, 0.3) is 11.3 Å². The zero-order chi connectivity index (χ0) is 24.4. The van der Waals surface area contributed by atoms with Crippen LogP contribution in [0.4, 0.5) is 10.3 Å². The number of hydrogen-bond acceptors (Lipinski definition) is 7. The fraction of sp³-hybridized carbons (Fsp3) is 0.423. The first-order valence-corrected chi connectivity index (χ1v) is 11.8. The number of hydrogen-bond donors (Lipinski definition) is 0. The van der Waals surface area contributed by atoms with E-state index in [-0.39, 0.29) is 11.5 Å². The number of allylic oxidation sites excluding steroid dienone is 2. The van der Waals surface area contributed by atoms with Crippen LogP contribution in [0.5, 0.6) is 0 Å². The van der Waals surface area contributed by atoms with E-state index in [1.807, 2.05) is 11.0 Å². The molecular weight excluding hydrogens is 451 g/mol. The Labute approximate surface area is 204 Å². The van der Waals surface area contributed by atoms with Gasteiger partial charge in [0.2, 0.25) is 5.95 Å². The molecule has 35 heavy (non-hydrogen) atoms. The zero-order valence-corrected chi connectivity index (χ0v) is 20.0. The molecule has 0 spiro atoms. The van der Waals surface area contributed by atoms with Crippen LogP contribution in [0.2, 0.25) is 0 Å². The minimum Gasteiger partial charge on any atom is -0.497 e. The third-order valence-electron chi connectivity index (χ3n) is 6.85. The lowest BCUT2D eigenvalue weighted by Crippen LogP contribution is -2.41. The maximum atomic E-state index is 14.8. The molecule has 2 fully saturated rings. The van der Waals surface area contributed by atoms with E-state index >= 15 is 0 Å². The molecule has 2 saturated heterocycles. The second kappa shape index (κ2) is 10.0. The minimum absolute atomic E-state index is 0.211. The van der Waals surface area contributed by atoms with E-state index in [4.69, 9.17) is 14.2 Å². The number of piperidine rings is 1. The summed E-state index contributed by atoms with van der Waals surface area (Å²) >= 11 is 0. The Morgan fingerprint density at radius 3 is 2.69 bits per heavy atom. The Hall–Kier alpha value is -3.46. The van der Waals surface area contributed by atoms with Gasteiger partial charge in [-0.3, -0.25) is 4.79 Å². The van der Waals surface area contributed by atoms with E-state index in [9.17, 15) is 9.18 Å². The van der Waals surface area contributed by atoms with Gasteiger partial charge >= 0.3 is 0 Å². The summed E-state index contributed by atoms with van der Waals surface area (Å²) in [6.07, 6.45) is 5.07. The van der Waals surface area contributed by atoms with Crippen molar-refractivity contribution in [3.05, 3.63) is 65.0 Å². The van der Waals surface area contributed by atoms with Gasteiger partial charge in [-0.15, -0.1) is 0 Å². The highest BCUT2D eigenvalue weighted by atomic mass is 19.1. The minimum atomic E-state index is -0.427. The van der Waals surface area contributed by atoms with Gasteiger partial charge in [0.05, 0.1) is 38.7 Å². The third kappa shape index (κ3) is 4.60. The Morgan fingerprint density at radius 1 is 1.14 bits per heavy atom. The Bertz CT molecular complexity index is 1180. The van der Waals surface area contributed by atoms with Gasteiger partial charge in [0.25, 0.3) is 5.91 Å². The van der Waals surface area contributed by atoms with E-state index in [1.54, 1.807) is 37.3 Å². The number of halogens is 1. The quantitative estimate of drug-likeness (QED) is 0.649. The van der Waals surface area contributed by atoms with Crippen molar-refractivity contribution < 1.29 is 23.4 Å². The van der Waals surface area contributed by atoms with Crippen LogP contribution in [-0.4, -0.2) is 74.4 Å². The van der Waals surface area contributed by atoms with Crippen LogP contribution in [0, 0.1) is 11.7 Å². The summed E-state index contributed by atoms with van der Waals surface area (Å²) in [5.74, 6) is 1.66. The lowest BCUT2D eigenvalue weighted by molar-refractivity contribution is 0.0727. The second-order valence-corrected chi connectivity index (χ2v) is 8.84. The molecular formula is C26H29FN4O4. The normalized spacial score (nSPS) is 20.3. The number of methoxy groups -OCH3 is 2. The van der Waals surface area contributed by atoms with Crippen molar-refractivity contribution in [1.82, 2.24) is 14.9 Å². The number of anilines is 1. The van der Waals surface area contributed by atoms with Gasteiger partial charge in [0.15, 0.2) is 5.76 Å². The molecule has 1 aliphatic carbocycles. The molecule has 1 unspecified atom stereocenters. The number of likely N-dealkylation sites (tertiary alicyclic amines) is 1. The van der Waals surface area contributed by atoms with Crippen LogP contribution in [0.3, 0.4) is 0 Å². The maximum absolute atomic E-state index is 14.8. The third-order valence-corrected chi connectivity index (χ3v) is 6.85. The van der Waals surface area contributed by atoms with Crippen molar-refractivity contribution in [2.75, 3.05) is 58.5 Å². The SMILES string of the molecule is COC1=C(OC)CC2CCN(C(=O)c3cnc(N4CCOCC4)nc3-c3ccccc3F)CC2=C1. The number of morpholine rings is 1. The molecule has 0 radical (unpaired) electrons. The largest absolute Gasteiger partial charge is 0.497 e. The molecule has 0 N–H and O–H groups in total. The number of rotatable bonds is 5. The van der Waals surface area contributed by atoms with Gasteiger partial charge in [-0.05, 0) is 36.1 Å². The fourth-order valence-corrected chi connectivity index (χ4v) is 4.90. The molecule has 0 saturated carbocycles. The van der Waals surface area contributed by atoms with Gasteiger partial charge < -0.3 is 24.0 Å². The highest BCUT2D eigenvalue weighted by molar-refractivity contribution is 6.00. The number of benzene rings is 1. The summed E-state index contributed by atoms with van der Waals surface area (Å²) in [5.41, 5.74) is 2.01. The topological polar surface area (TPSA) is 77.0 Å². The van der Waals surface area contributed by atoms with Gasteiger partial charge in [-0.25, -0.2) is 14.4 Å². The van der Waals surface area contributed by atoms with E-state index in [2.05, 4.69) is 9.97 Å². The summed E-state index contributed by atoms with van der Waals surface area (Å²) in [4.78, 5) is 26.7. The Morgan fingerprint density at radius 2 is 1.94 bits per heavy atom. The van der Waals surface area contributed by atoms with E-state index in [0.29, 0.717) is 68.3 Å². The highest BCUT2D eigenvalue weighted by Gasteiger charge is 2.33. The summed E-state index contributed by atoms with van der Waals surface area (Å²) in [7, 11) is 3.27. The van der Waals surface area contributed by atoms with Crippen LogP contribution < -0.4 is 4.90 Å². The number of aromatic nitrogens is 2. The van der Waals surface area contributed by atoms with Crippen molar-refractivity contribution >= 4 is 11.9 Å².